The van der Waals surface area contributed by atoms with Gasteiger partial charge in [-0.15, -0.1) is 11.3 Å². The number of aliphatic hydroxyl groups excluding tert-OH is 1. The zero-order valence-corrected chi connectivity index (χ0v) is 21.4. The Labute approximate surface area is 209 Å². The maximum absolute atomic E-state index is 12.4. The average Bonchev–Trinajstić information content (AvgIpc) is 3.18. The van der Waals surface area contributed by atoms with E-state index in [1.54, 1.807) is 35.6 Å². The fourth-order valence-corrected chi connectivity index (χ4v) is 5.88. The van der Waals surface area contributed by atoms with Crippen LogP contribution in [-0.4, -0.2) is 86.0 Å². The second-order valence-corrected chi connectivity index (χ2v) is 11.9. The van der Waals surface area contributed by atoms with E-state index in [0.717, 1.165) is 41.4 Å². The maximum atomic E-state index is 12.4. The zero-order chi connectivity index (χ0) is 24.1. The van der Waals surface area contributed by atoms with Crippen molar-refractivity contribution < 1.29 is 18.3 Å². The van der Waals surface area contributed by atoms with Crippen molar-refractivity contribution in [3.63, 3.8) is 0 Å². The van der Waals surface area contributed by atoms with Gasteiger partial charge in [-0.1, -0.05) is 11.6 Å². The number of β-amino-alcohol motifs (C(OH)–C–C–N with tert-alkyl or cyclic N) is 1. The van der Waals surface area contributed by atoms with Gasteiger partial charge in [-0.25, -0.2) is 13.4 Å². The first-order chi connectivity index (χ1) is 16.3. The second kappa shape index (κ2) is 11.2. The summed E-state index contributed by atoms with van der Waals surface area (Å²) in [6.45, 7) is 6.21. The molecule has 0 bridgehead atoms. The molecule has 34 heavy (non-hydrogen) atoms. The van der Waals surface area contributed by atoms with E-state index < -0.39 is 16.1 Å². The molecule has 0 aliphatic carbocycles. The first-order valence-corrected chi connectivity index (χ1v) is 14.0. The Morgan fingerprint density at radius 2 is 1.85 bits per heavy atom. The summed E-state index contributed by atoms with van der Waals surface area (Å²) in [4.78, 5) is 8.78. The van der Waals surface area contributed by atoms with Crippen LogP contribution in [0.3, 0.4) is 0 Å². The molecular formula is C23H29ClN4O4S2. The Bertz CT molecular complexity index is 1200. The number of anilines is 1. The zero-order valence-electron chi connectivity index (χ0n) is 19.0. The second-order valence-electron chi connectivity index (χ2n) is 8.40. The van der Waals surface area contributed by atoms with Crippen molar-refractivity contribution >= 4 is 48.9 Å². The summed E-state index contributed by atoms with van der Waals surface area (Å²) < 4.78 is 34.2. The molecule has 11 heteroatoms. The van der Waals surface area contributed by atoms with E-state index >= 15 is 0 Å². The number of thiazole rings is 1. The summed E-state index contributed by atoms with van der Waals surface area (Å²) in [7, 11) is -3.43. The molecule has 2 aromatic carbocycles. The number of nitrogens with zero attached hydrogens (tertiary/aromatic N) is 3. The molecule has 2 N–H and O–H groups in total. The van der Waals surface area contributed by atoms with E-state index in [0.29, 0.717) is 29.5 Å². The Hall–Kier alpha value is -1.95. The first-order valence-electron chi connectivity index (χ1n) is 11.1. The lowest BCUT2D eigenvalue weighted by molar-refractivity contribution is 0.0472. The number of fused-ring (bicyclic) bond motifs is 1. The van der Waals surface area contributed by atoms with Crippen molar-refractivity contribution in [1.82, 2.24) is 14.8 Å². The predicted molar refractivity (Wildman–Crippen MR) is 138 cm³/mol. The number of aryl methyl sites for hydroxylation is 1. The van der Waals surface area contributed by atoms with Crippen LogP contribution >= 0.6 is 22.9 Å². The summed E-state index contributed by atoms with van der Waals surface area (Å²) >= 11 is 7.49. The van der Waals surface area contributed by atoms with Gasteiger partial charge >= 0.3 is 0 Å². The molecule has 1 atom stereocenters. The van der Waals surface area contributed by atoms with Crippen molar-refractivity contribution in [1.29, 1.82) is 0 Å². The van der Waals surface area contributed by atoms with Gasteiger partial charge in [-0.05, 0) is 43.3 Å². The minimum Gasteiger partial charge on any atom is -0.491 e. The SMILES string of the molecule is Cc1nc2cc(OCC(O)CN3CCN(CCS(=O)(=O)Nc4ccc(Cl)cc4)CC3)ccc2s1. The number of aromatic nitrogens is 1. The van der Waals surface area contributed by atoms with E-state index in [1.807, 2.05) is 25.1 Å². The number of ether oxygens (including phenoxy) is 1. The van der Waals surface area contributed by atoms with Crippen LogP contribution in [0.15, 0.2) is 42.5 Å². The Morgan fingerprint density at radius 1 is 1.15 bits per heavy atom. The summed E-state index contributed by atoms with van der Waals surface area (Å²) in [5.74, 6) is 0.727. The minimum atomic E-state index is -3.43. The first kappa shape index (κ1) is 25.2. The molecule has 8 nitrogen and oxygen atoms in total. The van der Waals surface area contributed by atoms with Crippen LogP contribution < -0.4 is 9.46 Å². The van der Waals surface area contributed by atoms with E-state index in [1.165, 1.54) is 0 Å². The molecule has 1 aromatic heterocycles. The number of hydrogen-bond donors (Lipinski definition) is 2. The molecule has 1 aliphatic rings. The molecule has 3 aromatic rings. The highest BCUT2D eigenvalue weighted by molar-refractivity contribution is 7.92. The van der Waals surface area contributed by atoms with Gasteiger partial charge < -0.3 is 9.84 Å². The minimum absolute atomic E-state index is 0.0228. The topological polar surface area (TPSA) is 95.0 Å². The van der Waals surface area contributed by atoms with Crippen molar-refractivity contribution in [2.75, 3.05) is 56.4 Å². The van der Waals surface area contributed by atoms with Gasteiger partial charge in [0.1, 0.15) is 18.5 Å². The molecular weight excluding hydrogens is 496 g/mol. The van der Waals surface area contributed by atoms with Gasteiger partial charge in [0, 0.05) is 56.0 Å². The van der Waals surface area contributed by atoms with Crippen LogP contribution in [0.5, 0.6) is 5.75 Å². The fraction of sp³-hybridized carbons (Fsp3) is 0.435. The maximum Gasteiger partial charge on any atom is 0.233 e. The number of sulfonamides is 1. The van der Waals surface area contributed by atoms with Gasteiger partial charge in [-0.3, -0.25) is 14.5 Å². The summed E-state index contributed by atoms with van der Waals surface area (Å²) in [5.41, 5.74) is 1.42. The van der Waals surface area contributed by atoms with Crippen molar-refractivity contribution in [3.8, 4) is 5.75 Å². The highest BCUT2D eigenvalue weighted by Crippen LogP contribution is 2.25. The fourth-order valence-electron chi connectivity index (χ4n) is 3.85. The molecule has 0 spiro atoms. The third-order valence-corrected chi connectivity index (χ3v) is 8.11. The van der Waals surface area contributed by atoms with Gasteiger partial charge in [0.15, 0.2) is 0 Å². The Morgan fingerprint density at radius 3 is 2.59 bits per heavy atom. The number of nitrogens with one attached hydrogen (secondary N) is 1. The summed E-state index contributed by atoms with van der Waals surface area (Å²) in [5, 5.41) is 12.0. The standard InChI is InChI=1S/C23H29ClN4O4S2/c1-17-25-22-14-21(6-7-23(22)33-17)32-16-20(29)15-28-10-8-27(9-11-28)12-13-34(30,31)26-19-4-2-18(24)3-5-19/h2-7,14,20,26,29H,8-13,15-16H2,1H3. The molecule has 0 radical (unpaired) electrons. The highest BCUT2D eigenvalue weighted by Gasteiger charge is 2.21. The van der Waals surface area contributed by atoms with E-state index in [-0.39, 0.29) is 12.4 Å². The van der Waals surface area contributed by atoms with Gasteiger partial charge in [-0.2, -0.15) is 0 Å². The van der Waals surface area contributed by atoms with Crippen molar-refractivity contribution in [3.05, 3.63) is 52.5 Å². The molecule has 1 saturated heterocycles. The van der Waals surface area contributed by atoms with Gasteiger partial charge in [0.05, 0.1) is 21.0 Å². The van der Waals surface area contributed by atoms with Gasteiger partial charge in [0.2, 0.25) is 10.0 Å². The Kier molecular flexibility index (Phi) is 8.28. The molecule has 0 saturated carbocycles. The number of aliphatic hydroxyl groups is 1. The number of hydrogen-bond acceptors (Lipinski definition) is 8. The van der Waals surface area contributed by atoms with Crippen molar-refractivity contribution in [2.45, 2.75) is 13.0 Å². The lowest BCUT2D eigenvalue weighted by Crippen LogP contribution is -2.50. The van der Waals surface area contributed by atoms with E-state index in [2.05, 4.69) is 19.5 Å². The van der Waals surface area contributed by atoms with Crippen LogP contribution in [0.25, 0.3) is 10.2 Å². The molecule has 0 amide bonds. The highest BCUT2D eigenvalue weighted by atomic mass is 35.5. The number of halogens is 1. The van der Waals surface area contributed by atoms with Crippen molar-refractivity contribution in [2.24, 2.45) is 0 Å². The number of rotatable bonds is 10. The molecule has 1 aliphatic heterocycles. The van der Waals surface area contributed by atoms with Crippen LogP contribution in [0, 0.1) is 6.92 Å². The monoisotopic (exact) mass is 524 g/mol. The average molecular weight is 525 g/mol. The molecule has 184 valence electrons. The third-order valence-electron chi connectivity index (χ3n) is 5.64. The van der Waals surface area contributed by atoms with E-state index in [9.17, 15) is 13.5 Å². The summed E-state index contributed by atoms with van der Waals surface area (Å²) in [6, 6.07) is 12.4. The molecule has 1 fully saturated rings. The number of piperazine rings is 1. The third kappa shape index (κ3) is 7.27. The smallest absolute Gasteiger partial charge is 0.233 e. The van der Waals surface area contributed by atoms with Crippen LogP contribution in [0.4, 0.5) is 5.69 Å². The lowest BCUT2D eigenvalue weighted by atomic mass is 10.2. The largest absolute Gasteiger partial charge is 0.491 e. The normalized spacial score (nSPS) is 16.6. The molecule has 4 rings (SSSR count). The number of benzene rings is 2. The van der Waals surface area contributed by atoms with Crippen LogP contribution in [-0.2, 0) is 10.0 Å². The quantitative estimate of drug-likeness (QED) is 0.421. The molecule has 1 unspecified atom stereocenters. The lowest BCUT2D eigenvalue weighted by Gasteiger charge is -2.35. The Balaban J connectivity index is 1.15. The molecule has 2 heterocycles. The van der Waals surface area contributed by atoms with E-state index in [4.69, 9.17) is 16.3 Å². The predicted octanol–water partition coefficient (Wildman–Crippen LogP) is 3.06. The van der Waals surface area contributed by atoms with Crippen LogP contribution in [0.1, 0.15) is 5.01 Å². The van der Waals surface area contributed by atoms with Crippen LogP contribution in [0.2, 0.25) is 5.02 Å². The summed E-state index contributed by atoms with van der Waals surface area (Å²) in [6.07, 6.45) is -0.608. The van der Waals surface area contributed by atoms with Gasteiger partial charge in [0.25, 0.3) is 0 Å².